The molecule has 1 aromatic carbocycles. The first-order valence-electron chi connectivity index (χ1n) is 6.64. The van der Waals surface area contributed by atoms with E-state index in [4.69, 9.17) is 0 Å². The molecule has 2 rings (SSSR count). The van der Waals surface area contributed by atoms with E-state index in [-0.39, 0.29) is 5.56 Å². The Morgan fingerprint density at radius 1 is 1.30 bits per heavy atom. The number of rotatable bonds is 6. The van der Waals surface area contributed by atoms with Crippen LogP contribution in [0.2, 0.25) is 0 Å². The molecule has 1 atom stereocenters. The number of nitrogens with one attached hydrogen (secondary N) is 1. The Hall–Kier alpha value is -1.82. The lowest BCUT2D eigenvalue weighted by molar-refractivity contribution is 0.461. The van der Waals surface area contributed by atoms with E-state index in [1.165, 1.54) is 18.2 Å². The second-order valence-corrected chi connectivity index (χ2v) is 4.73. The van der Waals surface area contributed by atoms with Crippen LogP contribution in [0.4, 0.5) is 8.78 Å². The molecular formula is C14H18F2N4. The SMILES string of the molecule is CCCNC(Cc1cn(C)nn1)c1c(F)cccc1F. The summed E-state index contributed by atoms with van der Waals surface area (Å²) >= 11 is 0. The third-order valence-electron chi connectivity index (χ3n) is 3.05. The number of nitrogens with zero attached hydrogens (tertiary/aromatic N) is 3. The Kier molecular flexibility index (Phi) is 4.79. The van der Waals surface area contributed by atoms with Crippen LogP contribution in [0.5, 0.6) is 0 Å². The average molecular weight is 280 g/mol. The van der Waals surface area contributed by atoms with E-state index in [0.29, 0.717) is 18.7 Å². The van der Waals surface area contributed by atoms with E-state index in [0.717, 1.165) is 6.42 Å². The van der Waals surface area contributed by atoms with Crippen LogP contribution >= 0.6 is 0 Å². The number of aryl methyl sites for hydroxylation is 1. The van der Waals surface area contributed by atoms with E-state index in [1.54, 1.807) is 17.9 Å². The van der Waals surface area contributed by atoms with Crippen molar-refractivity contribution >= 4 is 0 Å². The summed E-state index contributed by atoms with van der Waals surface area (Å²) < 4.78 is 29.4. The van der Waals surface area contributed by atoms with Crippen LogP contribution < -0.4 is 5.32 Å². The van der Waals surface area contributed by atoms with E-state index >= 15 is 0 Å². The molecule has 0 amide bonds. The van der Waals surface area contributed by atoms with Gasteiger partial charge in [-0.1, -0.05) is 18.2 Å². The molecule has 1 aromatic heterocycles. The molecule has 0 aliphatic heterocycles. The Morgan fingerprint density at radius 3 is 2.55 bits per heavy atom. The van der Waals surface area contributed by atoms with Gasteiger partial charge in [0.2, 0.25) is 0 Å². The van der Waals surface area contributed by atoms with Crippen molar-refractivity contribution in [2.24, 2.45) is 7.05 Å². The first kappa shape index (κ1) is 14.6. The highest BCUT2D eigenvalue weighted by Gasteiger charge is 2.21. The summed E-state index contributed by atoms with van der Waals surface area (Å²) in [7, 11) is 1.76. The van der Waals surface area contributed by atoms with Crippen molar-refractivity contribution in [3.05, 3.63) is 47.3 Å². The lowest BCUT2D eigenvalue weighted by atomic mass is 10.0. The largest absolute Gasteiger partial charge is 0.309 e. The van der Waals surface area contributed by atoms with Gasteiger partial charge < -0.3 is 5.32 Å². The normalized spacial score (nSPS) is 12.6. The summed E-state index contributed by atoms with van der Waals surface area (Å²) in [5, 5.41) is 11.0. The fourth-order valence-corrected chi connectivity index (χ4v) is 2.14. The average Bonchev–Trinajstić information content (AvgIpc) is 2.81. The number of aromatic nitrogens is 3. The van der Waals surface area contributed by atoms with Gasteiger partial charge in [-0.15, -0.1) is 5.10 Å². The lowest BCUT2D eigenvalue weighted by Gasteiger charge is -2.19. The second-order valence-electron chi connectivity index (χ2n) is 4.73. The molecule has 20 heavy (non-hydrogen) atoms. The zero-order valence-electron chi connectivity index (χ0n) is 11.6. The Bertz CT molecular complexity index is 548. The van der Waals surface area contributed by atoms with Crippen molar-refractivity contribution in [3.8, 4) is 0 Å². The van der Waals surface area contributed by atoms with Gasteiger partial charge in [0.25, 0.3) is 0 Å². The molecule has 0 aliphatic rings. The van der Waals surface area contributed by atoms with Crippen molar-refractivity contribution in [1.82, 2.24) is 20.3 Å². The Morgan fingerprint density at radius 2 is 2.00 bits per heavy atom. The molecular weight excluding hydrogens is 262 g/mol. The van der Waals surface area contributed by atoms with Crippen molar-refractivity contribution in [2.45, 2.75) is 25.8 Å². The predicted molar refractivity (Wildman–Crippen MR) is 72.1 cm³/mol. The van der Waals surface area contributed by atoms with Gasteiger partial charge in [0.15, 0.2) is 0 Å². The first-order chi connectivity index (χ1) is 9.61. The van der Waals surface area contributed by atoms with Crippen LogP contribution in [0.25, 0.3) is 0 Å². The standard InChI is InChI=1S/C14H18F2N4/c1-3-7-17-13(8-10-9-20(2)19-18-10)14-11(15)5-4-6-12(14)16/h4-6,9,13,17H,3,7-8H2,1-2H3. The third-order valence-corrected chi connectivity index (χ3v) is 3.05. The monoisotopic (exact) mass is 280 g/mol. The number of hydrogen-bond acceptors (Lipinski definition) is 3. The molecule has 1 unspecified atom stereocenters. The van der Waals surface area contributed by atoms with Gasteiger partial charge in [-0.25, -0.2) is 8.78 Å². The highest BCUT2D eigenvalue weighted by atomic mass is 19.1. The van der Waals surface area contributed by atoms with Gasteiger partial charge in [-0.3, -0.25) is 4.68 Å². The number of halogens is 2. The lowest BCUT2D eigenvalue weighted by Crippen LogP contribution is -2.26. The third kappa shape index (κ3) is 3.39. The molecule has 0 radical (unpaired) electrons. The van der Waals surface area contributed by atoms with Crippen molar-refractivity contribution in [1.29, 1.82) is 0 Å². The molecule has 2 aromatic rings. The highest BCUT2D eigenvalue weighted by Crippen LogP contribution is 2.23. The maximum atomic E-state index is 13.9. The molecule has 6 heteroatoms. The molecule has 0 saturated carbocycles. The van der Waals surface area contributed by atoms with Crippen LogP contribution in [0.3, 0.4) is 0 Å². The van der Waals surface area contributed by atoms with Crippen LogP contribution in [0.15, 0.2) is 24.4 Å². The molecule has 1 N–H and O–H groups in total. The van der Waals surface area contributed by atoms with Crippen molar-refractivity contribution in [2.75, 3.05) is 6.54 Å². The van der Waals surface area contributed by atoms with Gasteiger partial charge >= 0.3 is 0 Å². The molecule has 1 heterocycles. The van der Waals surface area contributed by atoms with E-state index in [2.05, 4.69) is 15.6 Å². The van der Waals surface area contributed by atoms with Crippen LogP contribution in [0.1, 0.15) is 30.6 Å². The van der Waals surface area contributed by atoms with Gasteiger partial charge in [0.05, 0.1) is 5.69 Å². The highest BCUT2D eigenvalue weighted by molar-refractivity contribution is 5.24. The zero-order chi connectivity index (χ0) is 14.5. The molecule has 4 nitrogen and oxygen atoms in total. The molecule has 0 bridgehead atoms. The summed E-state index contributed by atoms with van der Waals surface area (Å²) in [5.74, 6) is -1.08. The Balaban J connectivity index is 2.27. The second kappa shape index (κ2) is 6.56. The molecule has 0 fully saturated rings. The van der Waals surface area contributed by atoms with Crippen LogP contribution in [-0.2, 0) is 13.5 Å². The topological polar surface area (TPSA) is 42.7 Å². The summed E-state index contributed by atoms with van der Waals surface area (Å²) in [6.07, 6.45) is 3.03. The summed E-state index contributed by atoms with van der Waals surface area (Å²) in [4.78, 5) is 0. The predicted octanol–water partition coefficient (Wildman–Crippen LogP) is 2.38. The fourth-order valence-electron chi connectivity index (χ4n) is 2.14. The van der Waals surface area contributed by atoms with Crippen molar-refractivity contribution in [3.63, 3.8) is 0 Å². The molecule has 0 saturated heterocycles. The maximum absolute atomic E-state index is 13.9. The minimum absolute atomic E-state index is 0.0617. The summed E-state index contributed by atoms with van der Waals surface area (Å²) in [6.45, 7) is 2.68. The summed E-state index contributed by atoms with van der Waals surface area (Å²) in [5.41, 5.74) is 0.760. The van der Waals surface area contributed by atoms with Gasteiger partial charge in [-0.05, 0) is 25.1 Å². The molecule has 108 valence electrons. The Labute approximate surface area is 116 Å². The number of benzene rings is 1. The van der Waals surface area contributed by atoms with Gasteiger partial charge in [0, 0.05) is 31.3 Å². The number of hydrogen-bond donors (Lipinski definition) is 1. The van der Waals surface area contributed by atoms with E-state index < -0.39 is 17.7 Å². The van der Waals surface area contributed by atoms with Crippen LogP contribution in [-0.4, -0.2) is 21.5 Å². The smallest absolute Gasteiger partial charge is 0.130 e. The van der Waals surface area contributed by atoms with E-state index in [9.17, 15) is 8.78 Å². The summed E-state index contributed by atoms with van der Waals surface area (Å²) in [6, 6.07) is 3.46. The maximum Gasteiger partial charge on any atom is 0.130 e. The van der Waals surface area contributed by atoms with Gasteiger partial charge in [-0.2, -0.15) is 0 Å². The quantitative estimate of drug-likeness (QED) is 0.883. The van der Waals surface area contributed by atoms with Crippen LogP contribution in [0, 0.1) is 11.6 Å². The minimum atomic E-state index is -0.539. The molecule has 0 spiro atoms. The fraction of sp³-hybridized carbons (Fsp3) is 0.429. The van der Waals surface area contributed by atoms with Crippen molar-refractivity contribution < 1.29 is 8.78 Å². The minimum Gasteiger partial charge on any atom is -0.309 e. The molecule has 0 aliphatic carbocycles. The van der Waals surface area contributed by atoms with Gasteiger partial charge in [0.1, 0.15) is 11.6 Å². The first-order valence-corrected chi connectivity index (χ1v) is 6.64. The van der Waals surface area contributed by atoms with E-state index in [1.807, 2.05) is 6.92 Å². The zero-order valence-corrected chi connectivity index (χ0v) is 11.6.